The Morgan fingerprint density at radius 1 is 1.22 bits per heavy atom. The summed E-state index contributed by atoms with van der Waals surface area (Å²) in [4.78, 5) is 33.4. The van der Waals surface area contributed by atoms with E-state index in [9.17, 15) is 19.7 Å². The number of amides is 1. The maximum absolute atomic E-state index is 12.1. The lowest BCUT2D eigenvalue weighted by atomic mass is 10.1. The van der Waals surface area contributed by atoms with Gasteiger partial charge in [-0.15, -0.1) is 0 Å². The Morgan fingerprint density at radius 3 is 2.67 bits per heavy atom. The highest BCUT2D eigenvalue weighted by atomic mass is 16.6. The fourth-order valence-corrected chi connectivity index (χ4v) is 2.16. The number of benzene rings is 2. The molecule has 1 amide bonds. The molecule has 0 heterocycles. The van der Waals surface area contributed by atoms with E-state index in [-0.39, 0.29) is 18.2 Å². The summed E-state index contributed by atoms with van der Waals surface area (Å²) in [6.45, 7) is 1.58. The lowest BCUT2D eigenvalue weighted by Crippen LogP contribution is -2.13. The number of rotatable bonds is 7. The lowest BCUT2D eigenvalue weighted by Gasteiger charge is -2.10. The van der Waals surface area contributed by atoms with Gasteiger partial charge in [0, 0.05) is 23.9 Å². The SMILES string of the molecule is COC(=O)COc1ccc(NC(=O)/C=C/c2cccc([N+](=O)[O-])c2)c(C)c1. The smallest absolute Gasteiger partial charge is 0.343 e. The quantitative estimate of drug-likeness (QED) is 0.347. The van der Waals surface area contributed by atoms with E-state index in [1.807, 2.05) is 0 Å². The van der Waals surface area contributed by atoms with Crippen LogP contribution < -0.4 is 10.1 Å². The molecule has 0 aromatic heterocycles. The van der Waals surface area contributed by atoms with E-state index in [1.165, 1.54) is 31.4 Å². The van der Waals surface area contributed by atoms with E-state index in [4.69, 9.17) is 4.74 Å². The number of carbonyl (C=O) groups is 2. The van der Waals surface area contributed by atoms with Gasteiger partial charge in [-0.1, -0.05) is 12.1 Å². The molecule has 0 saturated carbocycles. The van der Waals surface area contributed by atoms with Crippen LogP contribution in [-0.4, -0.2) is 30.5 Å². The molecule has 0 unspecified atom stereocenters. The molecule has 0 atom stereocenters. The summed E-state index contributed by atoms with van der Waals surface area (Å²) in [6, 6.07) is 10.9. The van der Waals surface area contributed by atoms with Crippen LogP contribution in [0.1, 0.15) is 11.1 Å². The summed E-state index contributed by atoms with van der Waals surface area (Å²) in [5.74, 6) is -0.396. The molecule has 0 aliphatic carbocycles. The van der Waals surface area contributed by atoms with Gasteiger partial charge in [0.25, 0.3) is 5.69 Å². The first-order valence-corrected chi connectivity index (χ1v) is 7.93. The molecule has 0 spiro atoms. The molecule has 2 rings (SSSR count). The van der Waals surface area contributed by atoms with E-state index in [0.717, 1.165) is 5.56 Å². The van der Waals surface area contributed by atoms with E-state index in [0.29, 0.717) is 17.0 Å². The highest BCUT2D eigenvalue weighted by Crippen LogP contribution is 2.21. The van der Waals surface area contributed by atoms with Gasteiger partial charge in [0.2, 0.25) is 5.91 Å². The fraction of sp³-hybridized carbons (Fsp3) is 0.158. The number of aryl methyl sites for hydroxylation is 1. The van der Waals surface area contributed by atoms with Gasteiger partial charge in [-0.3, -0.25) is 14.9 Å². The minimum Gasteiger partial charge on any atom is -0.482 e. The highest BCUT2D eigenvalue weighted by molar-refractivity contribution is 6.02. The molecule has 27 heavy (non-hydrogen) atoms. The zero-order chi connectivity index (χ0) is 19.8. The minimum atomic E-state index is -0.495. The summed E-state index contributed by atoms with van der Waals surface area (Å²) in [7, 11) is 1.27. The molecule has 8 heteroatoms. The Kier molecular flexibility index (Phi) is 6.65. The fourth-order valence-electron chi connectivity index (χ4n) is 2.16. The van der Waals surface area contributed by atoms with Crippen LogP contribution in [0.15, 0.2) is 48.5 Å². The third-order valence-electron chi connectivity index (χ3n) is 3.55. The number of esters is 1. The number of non-ortho nitro benzene ring substituents is 1. The van der Waals surface area contributed by atoms with Gasteiger partial charge in [0.05, 0.1) is 12.0 Å². The van der Waals surface area contributed by atoms with Crippen molar-refractivity contribution in [2.45, 2.75) is 6.92 Å². The van der Waals surface area contributed by atoms with Gasteiger partial charge in [-0.2, -0.15) is 0 Å². The zero-order valence-electron chi connectivity index (χ0n) is 14.8. The molecule has 0 bridgehead atoms. The molecule has 2 aromatic carbocycles. The number of nitro groups is 1. The topological polar surface area (TPSA) is 108 Å². The van der Waals surface area contributed by atoms with Crippen LogP contribution in [0.3, 0.4) is 0 Å². The molecule has 2 aromatic rings. The van der Waals surface area contributed by atoms with Crippen LogP contribution in [-0.2, 0) is 14.3 Å². The zero-order valence-corrected chi connectivity index (χ0v) is 14.8. The van der Waals surface area contributed by atoms with Crippen molar-refractivity contribution < 1.29 is 24.0 Å². The molecular weight excluding hydrogens is 352 g/mol. The summed E-state index contributed by atoms with van der Waals surface area (Å²) in [6.07, 6.45) is 2.78. The molecule has 0 fully saturated rings. The highest BCUT2D eigenvalue weighted by Gasteiger charge is 2.07. The van der Waals surface area contributed by atoms with Gasteiger partial charge in [0.15, 0.2) is 6.61 Å². The van der Waals surface area contributed by atoms with Crippen molar-refractivity contribution in [1.29, 1.82) is 0 Å². The summed E-state index contributed by atoms with van der Waals surface area (Å²) < 4.78 is 9.78. The number of hydrogen-bond donors (Lipinski definition) is 1. The van der Waals surface area contributed by atoms with Gasteiger partial charge in [-0.05, 0) is 42.3 Å². The number of methoxy groups -OCH3 is 1. The summed E-state index contributed by atoms with van der Waals surface area (Å²) >= 11 is 0. The van der Waals surface area contributed by atoms with E-state index in [2.05, 4.69) is 10.1 Å². The Bertz CT molecular complexity index is 892. The van der Waals surface area contributed by atoms with Crippen molar-refractivity contribution in [1.82, 2.24) is 0 Å². The number of ether oxygens (including phenoxy) is 2. The summed E-state index contributed by atoms with van der Waals surface area (Å²) in [5.41, 5.74) is 1.82. The first-order valence-electron chi connectivity index (χ1n) is 7.93. The second-order valence-electron chi connectivity index (χ2n) is 5.52. The van der Waals surface area contributed by atoms with Crippen molar-refractivity contribution in [3.8, 4) is 5.75 Å². The Morgan fingerprint density at radius 2 is 2.00 bits per heavy atom. The van der Waals surface area contributed by atoms with E-state index in [1.54, 1.807) is 37.3 Å². The largest absolute Gasteiger partial charge is 0.482 e. The standard InChI is InChI=1S/C19H18N2O6/c1-13-10-16(27-12-19(23)26-2)7-8-17(13)20-18(22)9-6-14-4-3-5-15(11-14)21(24)25/h3-11H,12H2,1-2H3,(H,20,22)/b9-6+. The number of nitrogens with one attached hydrogen (secondary N) is 1. The van der Waals surface area contributed by atoms with Crippen LogP contribution in [0.4, 0.5) is 11.4 Å². The van der Waals surface area contributed by atoms with Crippen molar-refractivity contribution in [2.75, 3.05) is 19.0 Å². The second-order valence-corrected chi connectivity index (χ2v) is 5.52. The first-order chi connectivity index (χ1) is 12.9. The molecule has 0 saturated heterocycles. The predicted molar refractivity (Wildman–Crippen MR) is 99.5 cm³/mol. The van der Waals surface area contributed by atoms with Crippen molar-refractivity contribution >= 4 is 29.3 Å². The molecule has 8 nitrogen and oxygen atoms in total. The minimum absolute atomic E-state index is 0.0454. The van der Waals surface area contributed by atoms with Gasteiger partial charge < -0.3 is 14.8 Å². The lowest BCUT2D eigenvalue weighted by molar-refractivity contribution is -0.384. The normalized spacial score (nSPS) is 10.4. The van der Waals surface area contributed by atoms with Crippen LogP contribution >= 0.6 is 0 Å². The third kappa shape index (κ3) is 5.96. The third-order valence-corrected chi connectivity index (χ3v) is 3.55. The average molecular weight is 370 g/mol. The molecule has 0 aliphatic rings. The summed E-state index contributed by atoms with van der Waals surface area (Å²) in [5, 5.41) is 13.5. The number of carbonyl (C=O) groups excluding carboxylic acids is 2. The average Bonchev–Trinajstić information content (AvgIpc) is 2.66. The van der Waals surface area contributed by atoms with Crippen LogP contribution in [0.5, 0.6) is 5.75 Å². The van der Waals surface area contributed by atoms with Gasteiger partial charge in [0.1, 0.15) is 5.75 Å². The molecule has 0 aliphatic heterocycles. The van der Waals surface area contributed by atoms with Crippen molar-refractivity contribution in [3.05, 3.63) is 69.8 Å². The maximum Gasteiger partial charge on any atom is 0.343 e. The Balaban J connectivity index is 2.00. The van der Waals surface area contributed by atoms with Crippen LogP contribution in [0.25, 0.3) is 6.08 Å². The van der Waals surface area contributed by atoms with E-state index < -0.39 is 10.9 Å². The molecular formula is C19H18N2O6. The monoisotopic (exact) mass is 370 g/mol. The number of nitro benzene ring substituents is 1. The molecule has 140 valence electrons. The van der Waals surface area contributed by atoms with Gasteiger partial charge >= 0.3 is 5.97 Å². The van der Waals surface area contributed by atoms with Crippen LogP contribution in [0, 0.1) is 17.0 Å². The second kappa shape index (κ2) is 9.14. The number of nitrogens with zero attached hydrogens (tertiary/aromatic N) is 1. The molecule has 1 N–H and O–H groups in total. The first kappa shape index (κ1) is 19.6. The Hall–Kier alpha value is -3.68. The van der Waals surface area contributed by atoms with Crippen molar-refractivity contribution in [2.24, 2.45) is 0 Å². The number of hydrogen-bond acceptors (Lipinski definition) is 6. The number of anilines is 1. The van der Waals surface area contributed by atoms with Gasteiger partial charge in [-0.25, -0.2) is 4.79 Å². The maximum atomic E-state index is 12.1. The Labute approximate surface area is 155 Å². The van der Waals surface area contributed by atoms with Crippen molar-refractivity contribution in [3.63, 3.8) is 0 Å². The molecule has 0 radical (unpaired) electrons. The predicted octanol–water partition coefficient (Wildman–Crippen LogP) is 3.11. The van der Waals surface area contributed by atoms with E-state index >= 15 is 0 Å². The van der Waals surface area contributed by atoms with Crippen LogP contribution in [0.2, 0.25) is 0 Å².